The highest BCUT2D eigenvalue weighted by molar-refractivity contribution is 6.32. The number of carbonyl (C=O) groups excluding carboxylic acids is 1. The number of rotatable bonds is 11. The summed E-state index contributed by atoms with van der Waals surface area (Å²) in [6, 6.07) is 16.1. The molecule has 0 spiro atoms. The summed E-state index contributed by atoms with van der Waals surface area (Å²) in [6.07, 6.45) is 6.48. The fraction of sp³-hybridized carbons (Fsp3) is 0.438. The summed E-state index contributed by atoms with van der Waals surface area (Å²) in [7, 11) is 5.78. The first-order valence-corrected chi connectivity index (χ1v) is 14.2. The van der Waals surface area contributed by atoms with Crippen molar-refractivity contribution in [3.63, 3.8) is 0 Å². The van der Waals surface area contributed by atoms with E-state index in [0.29, 0.717) is 29.7 Å². The lowest BCUT2D eigenvalue weighted by Crippen LogP contribution is -2.36. The van der Waals surface area contributed by atoms with E-state index < -0.39 is 0 Å². The lowest BCUT2D eigenvalue weighted by atomic mass is 9.93. The number of aryl methyl sites for hydroxylation is 1. The first-order valence-electron chi connectivity index (χ1n) is 13.8. The third-order valence-electron chi connectivity index (χ3n) is 7.18. The van der Waals surface area contributed by atoms with Crippen LogP contribution in [0.3, 0.4) is 0 Å². The Kier molecular flexibility index (Phi) is 10.4. The molecule has 1 aromatic heterocycles. The van der Waals surface area contributed by atoms with E-state index in [4.69, 9.17) is 26.1 Å². The highest BCUT2D eigenvalue weighted by Crippen LogP contribution is 2.37. The van der Waals surface area contributed by atoms with Gasteiger partial charge in [0.2, 0.25) is 0 Å². The van der Waals surface area contributed by atoms with Crippen molar-refractivity contribution < 1.29 is 14.3 Å². The molecule has 1 heterocycles. The minimum atomic E-state index is -0.131. The van der Waals surface area contributed by atoms with Crippen molar-refractivity contribution in [2.24, 2.45) is 0 Å². The number of ether oxygens (including phenoxy) is 2. The van der Waals surface area contributed by atoms with E-state index in [1.54, 1.807) is 7.11 Å². The number of hydrogen-bond acceptors (Lipinski definition) is 5. The summed E-state index contributed by atoms with van der Waals surface area (Å²) in [5.74, 6) is 0.483. The molecule has 0 radical (unpaired) electrons. The van der Waals surface area contributed by atoms with Crippen LogP contribution in [0.15, 0.2) is 48.5 Å². The van der Waals surface area contributed by atoms with Crippen LogP contribution in [0.4, 0.5) is 0 Å². The molecule has 4 rings (SSSR count). The van der Waals surface area contributed by atoms with E-state index in [0.717, 1.165) is 72.2 Å². The van der Waals surface area contributed by atoms with Crippen molar-refractivity contribution in [3.8, 4) is 28.1 Å². The fourth-order valence-electron chi connectivity index (χ4n) is 5.07. The first kappa shape index (κ1) is 29.1. The summed E-state index contributed by atoms with van der Waals surface area (Å²) >= 11 is 6.52. The van der Waals surface area contributed by atoms with Gasteiger partial charge in [-0.1, -0.05) is 49.1 Å². The Balaban J connectivity index is 1.73. The van der Waals surface area contributed by atoms with Crippen molar-refractivity contribution in [3.05, 3.63) is 70.4 Å². The van der Waals surface area contributed by atoms with Gasteiger partial charge in [0.15, 0.2) is 0 Å². The predicted molar refractivity (Wildman–Crippen MR) is 159 cm³/mol. The molecule has 0 unspecified atom stereocenters. The van der Waals surface area contributed by atoms with Gasteiger partial charge in [-0.15, -0.1) is 0 Å². The minimum absolute atomic E-state index is 0.131. The molecule has 1 saturated carbocycles. The van der Waals surface area contributed by atoms with Crippen molar-refractivity contribution in [2.75, 3.05) is 34.4 Å². The number of amides is 1. The van der Waals surface area contributed by atoms with Crippen LogP contribution >= 0.6 is 11.6 Å². The summed E-state index contributed by atoms with van der Waals surface area (Å²) in [5, 5.41) is 3.76. The molecule has 2 aromatic carbocycles. The molecule has 1 amide bonds. The molecular formula is C32H40ClN3O3. The second-order valence-corrected chi connectivity index (χ2v) is 11.0. The molecule has 6 nitrogen and oxygen atoms in total. The molecule has 0 aliphatic heterocycles. The molecule has 39 heavy (non-hydrogen) atoms. The van der Waals surface area contributed by atoms with E-state index in [-0.39, 0.29) is 11.9 Å². The Hall–Kier alpha value is -2.93. The Bertz CT molecular complexity index is 1270. The van der Waals surface area contributed by atoms with Crippen molar-refractivity contribution in [2.45, 2.75) is 58.1 Å². The van der Waals surface area contributed by atoms with Crippen LogP contribution in [0.2, 0.25) is 5.02 Å². The molecule has 0 bridgehead atoms. The van der Waals surface area contributed by atoms with E-state index in [9.17, 15) is 4.79 Å². The zero-order chi connectivity index (χ0) is 27.8. The average molecular weight is 550 g/mol. The van der Waals surface area contributed by atoms with Gasteiger partial charge in [0.1, 0.15) is 11.4 Å². The van der Waals surface area contributed by atoms with Crippen LogP contribution in [0.5, 0.6) is 5.75 Å². The third kappa shape index (κ3) is 7.81. The van der Waals surface area contributed by atoms with Gasteiger partial charge < -0.3 is 19.7 Å². The summed E-state index contributed by atoms with van der Waals surface area (Å²) in [6.45, 7) is 4.09. The van der Waals surface area contributed by atoms with E-state index in [2.05, 4.69) is 35.3 Å². The van der Waals surface area contributed by atoms with E-state index in [1.165, 1.54) is 6.42 Å². The zero-order valence-electron chi connectivity index (χ0n) is 23.6. The molecule has 1 fully saturated rings. The summed E-state index contributed by atoms with van der Waals surface area (Å²) in [4.78, 5) is 20.3. The van der Waals surface area contributed by atoms with Gasteiger partial charge in [-0.2, -0.15) is 0 Å². The molecule has 0 saturated heterocycles. The number of nitrogens with zero attached hydrogens (tertiary/aromatic N) is 2. The first-order chi connectivity index (χ1) is 18.9. The highest BCUT2D eigenvalue weighted by Gasteiger charge is 2.20. The monoisotopic (exact) mass is 549 g/mol. The SMILES string of the molecule is COCc1ccc(C)c(-c2ccc(C(=O)NC3CCCCC3)nc2-c2ccc(Cl)c(OCCCN(C)C)c2)c1. The normalized spacial score (nSPS) is 14.0. The van der Waals surface area contributed by atoms with Gasteiger partial charge in [-0.3, -0.25) is 4.79 Å². The second kappa shape index (κ2) is 13.9. The molecule has 0 atom stereocenters. The number of nitrogens with one attached hydrogen (secondary N) is 1. The van der Waals surface area contributed by atoms with Gasteiger partial charge >= 0.3 is 0 Å². The number of carbonyl (C=O) groups is 1. The molecular weight excluding hydrogens is 510 g/mol. The van der Waals surface area contributed by atoms with Gasteiger partial charge in [-0.05, 0) is 87.3 Å². The second-order valence-electron chi connectivity index (χ2n) is 10.6. The van der Waals surface area contributed by atoms with Crippen LogP contribution in [-0.2, 0) is 11.3 Å². The lowest BCUT2D eigenvalue weighted by Gasteiger charge is -2.23. The fourth-order valence-corrected chi connectivity index (χ4v) is 5.24. The van der Waals surface area contributed by atoms with Crippen LogP contribution < -0.4 is 10.1 Å². The quantitative estimate of drug-likeness (QED) is 0.263. The van der Waals surface area contributed by atoms with Crippen LogP contribution in [0, 0.1) is 6.92 Å². The van der Waals surface area contributed by atoms with E-state index >= 15 is 0 Å². The van der Waals surface area contributed by atoms with Crippen LogP contribution in [0.25, 0.3) is 22.4 Å². The molecule has 7 heteroatoms. The standard InChI is InChI=1S/C32H40ClN3O3/c1-22-11-12-23(21-38-4)19-27(22)26-14-16-29(32(37)34-25-9-6-5-7-10-25)35-31(26)24-13-15-28(33)30(20-24)39-18-8-17-36(2)3/h11-16,19-20,25H,5-10,17-18,21H2,1-4H3,(H,34,37). The largest absolute Gasteiger partial charge is 0.492 e. The summed E-state index contributed by atoms with van der Waals surface area (Å²) in [5.41, 5.74) is 6.17. The molecule has 1 aliphatic rings. The third-order valence-corrected chi connectivity index (χ3v) is 7.50. The number of hydrogen-bond donors (Lipinski definition) is 1. The predicted octanol–water partition coefficient (Wildman–Crippen LogP) is 6.92. The number of methoxy groups -OCH3 is 1. The van der Waals surface area contributed by atoms with Gasteiger partial charge in [0.25, 0.3) is 5.91 Å². The number of pyridine rings is 1. The summed E-state index contributed by atoms with van der Waals surface area (Å²) < 4.78 is 11.4. The highest BCUT2D eigenvalue weighted by atomic mass is 35.5. The minimum Gasteiger partial charge on any atom is -0.492 e. The number of aromatic nitrogens is 1. The van der Waals surface area contributed by atoms with Gasteiger partial charge in [0, 0.05) is 30.8 Å². The number of benzene rings is 2. The maximum absolute atomic E-state index is 13.3. The Morgan fingerprint density at radius 3 is 2.59 bits per heavy atom. The zero-order valence-corrected chi connectivity index (χ0v) is 24.3. The topological polar surface area (TPSA) is 63.7 Å². The van der Waals surface area contributed by atoms with Crippen molar-refractivity contribution in [1.29, 1.82) is 0 Å². The van der Waals surface area contributed by atoms with Gasteiger partial charge in [-0.25, -0.2) is 4.98 Å². The maximum atomic E-state index is 13.3. The smallest absolute Gasteiger partial charge is 0.270 e. The van der Waals surface area contributed by atoms with E-state index in [1.807, 2.05) is 44.4 Å². The van der Waals surface area contributed by atoms with Crippen LogP contribution in [0.1, 0.15) is 60.1 Å². The Morgan fingerprint density at radius 2 is 1.85 bits per heavy atom. The van der Waals surface area contributed by atoms with Crippen molar-refractivity contribution >= 4 is 17.5 Å². The van der Waals surface area contributed by atoms with Crippen LogP contribution in [-0.4, -0.2) is 56.2 Å². The molecule has 3 aromatic rings. The molecule has 208 valence electrons. The Morgan fingerprint density at radius 1 is 1.05 bits per heavy atom. The Labute approximate surface area is 237 Å². The molecule has 1 N–H and O–H groups in total. The maximum Gasteiger partial charge on any atom is 0.270 e. The van der Waals surface area contributed by atoms with Crippen molar-refractivity contribution in [1.82, 2.24) is 15.2 Å². The number of halogens is 1. The molecule has 1 aliphatic carbocycles. The lowest BCUT2D eigenvalue weighted by molar-refractivity contribution is 0.0923. The van der Waals surface area contributed by atoms with Gasteiger partial charge in [0.05, 0.1) is 23.9 Å². The average Bonchev–Trinajstić information content (AvgIpc) is 2.93.